The lowest BCUT2D eigenvalue weighted by atomic mass is 9.93. The number of aromatic nitrogens is 1. The Hall–Kier alpha value is -9.99. The van der Waals surface area contributed by atoms with Gasteiger partial charge < -0.3 is 4.57 Å². The van der Waals surface area contributed by atoms with Crippen molar-refractivity contribution >= 4 is 70.6 Å². The summed E-state index contributed by atoms with van der Waals surface area (Å²) in [5, 5.41) is 7.58. The molecule has 412 valence electrons. The fraction of sp³-hybridized carbons (Fsp3) is 0.0714. The van der Waals surface area contributed by atoms with Crippen LogP contribution in [0.2, 0.25) is 0 Å². The van der Waals surface area contributed by atoms with Gasteiger partial charge in [0, 0.05) is 26.3 Å². The second kappa shape index (κ2) is 21.9. The number of hydrogen-bond donors (Lipinski definition) is 0. The van der Waals surface area contributed by atoms with Gasteiger partial charge in [-0.15, -0.1) is 0 Å². The fourth-order valence-corrected chi connectivity index (χ4v) is 16.2. The van der Waals surface area contributed by atoms with Gasteiger partial charge in [-0.05, 0) is 190 Å². The van der Waals surface area contributed by atoms with E-state index >= 15 is 0 Å². The van der Waals surface area contributed by atoms with E-state index in [1.165, 1.54) is 159 Å². The number of benzene rings is 12. The lowest BCUT2D eigenvalue weighted by molar-refractivity contribution is 1.16. The minimum atomic E-state index is -1.36. The minimum absolute atomic E-state index is 0.877. The van der Waals surface area contributed by atoms with E-state index in [-0.39, 0.29) is 0 Å². The van der Waals surface area contributed by atoms with E-state index in [4.69, 9.17) is 0 Å². The molecule has 1 nitrogen and oxygen atoms in total. The summed E-state index contributed by atoms with van der Waals surface area (Å²) >= 11 is 0. The molecule has 0 atom stereocenters. The van der Waals surface area contributed by atoms with E-state index in [9.17, 15) is 0 Å². The predicted molar refractivity (Wildman–Crippen MR) is 374 cm³/mol. The Balaban J connectivity index is 0.00000309. The third-order valence-electron chi connectivity index (χ3n) is 18.0. The molecular formula is C84H65NS. The molecule has 0 bridgehead atoms. The van der Waals surface area contributed by atoms with E-state index in [1.807, 2.05) is 13.8 Å². The van der Waals surface area contributed by atoms with Crippen molar-refractivity contribution in [3.63, 3.8) is 0 Å². The molecule has 0 fully saturated rings. The van der Waals surface area contributed by atoms with Crippen molar-refractivity contribution in [2.45, 2.75) is 36.5 Å². The van der Waals surface area contributed by atoms with Crippen molar-refractivity contribution in [2.75, 3.05) is 12.5 Å². The standard InChI is InChI=1S/C82H59NS.C2H6/c1-84(2)81-52-67(74-27-13-21-62-16-7-9-24-71(62)74)42-46-75(81)76-47-45-68(53-82(76)84)83-79-48-43-65(58-32-28-55(29-33-58)54-17-10-18-63(39-36-54)72-25-11-19-60-14-4-3-5-22-69(60)72)50-77(79)78-51-66(44-49-80(78)83)59-34-30-56(31-35-59)57-37-40-64(41-38-57)73-26-12-20-61-15-6-8-23-70(61)73;1-2/h3-13,15-16,18-53H,14,17H2,1-2H3;1-2H3. The first-order valence-corrected chi connectivity index (χ1v) is 32.7. The molecule has 0 amide bonds. The molecule has 0 unspecified atom stereocenters. The summed E-state index contributed by atoms with van der Waals surface area (Å²) in [5.41, 5.74) is 26.3. The Labute approximate surface area is 506 Å². The van der Waals surface area contributed by atoms with Crippen molar-refractivity contribution in [2.24, 2.45) is 0 Å². The van der Waals surface area contributed by atoms with E-state index in [2.05, 4.69) is 314 Å². The Morgan fingerprint density at radius 3 is 1.48 bits per heavy atom. The maximum Gasteiger partial charge on any atom is 0.0541 e. The molecule has 13 aromatic rings. The van der Waals surface area contributed by atoms with Crippen LogP contribution in [0.25, 0.3) is 133 Å². The molecular weight excluding hydrogens is 1050 g/mol. The summed E-state index contributed by atoms with van der Waals surface area (Å²) in [5.74, 6) is 0. The minimum Gasteiger partial charge on any atom is -0.309 e. The van der Waals surface area contributed by atoms with Crippen LogP contribution in [0.4, 0.5) is 0 Å². The predicted octanol–water partition coefficient (Wildman–Crippen LogP) is 23.5. The molecule has 0 saturated heterocycles. The first-order chi connectivity index (χ1) is 42.4. The summed E-state index contributed by atoms with van der Waals surface area (Å²) in [6, 6.07) is 93.4. The molecule has 86 heavy (non-hydrogen) atoms. The number of allylic oxidation sites excluding steroid dienone is 9. The highest BCUT2D eigenvalue weighted by Gasteiger charge is 2.33. The first-order valence-electron chi connectivity index (χ1n) is 30.3. The Bertz CT molecular complexity index is 4990. The second-order valence-electron chi connectivity index (χ2n) is 23.1. The normalized spacial score (nSPS) is 14.2. The molecule has 2 aliphatic carbocycles. The first kappa shape index (κ1) is 52.8. The van der Waals surface area contributed by atoms with Crippen LogP contribution in [0.3, 0.4) is 0 Å². The molecule has 1 aliphatic heterocycles. The Kier molecular flexibility index (Phi) is 13.4. The zero-order valence-corrected chi connectivity index (χ0v) is 49.9. The SMILES string of the molecule is CC.CS1(C)c2cc(-c3cccc4ccccc34)ccc2-c2ccc(-n3c4ccc(-c5ccc(C6=CC=C(c7cccc8c7C=CC=CC8)C=CC6)cc5)cc4c4cc(-c5ccc(-c6ccc(-c7cccc8ccccc78)cc6)cc5)ccc43)cc21. The molecule has 2 heteroatoms. The largest absolute Gasteiger partial charge is 0.309 e. The molecule has 0 N–H and O–H groups in total. The molecule has 3 aliphatic rings. The van der Waals surface area contributed by atoms with Crippen molar-refractivity contribution < 1.29 is 0 Å². The van der Waals surface area contributed by atoms with Gasteiger partial charge >= 0.3 is 0 Å². The van der Waals surface area contributed by atoms with Crippen LogP contribution in [0.5, 0.6) is 0 Å². The van der Waals surface area contributed by atoms with Gasteiger partial charge in [-0.2, -0.15) is 10.0 Å². The summed E-state index contributed by atoms with van der Waals surface area (Å²) in [6.45, 7) is 4.00. The van der Waals surface area contributed by atoms with Gasteiger partial charge in [-0.3, -0.25) is 0 Å². The van der Waals surface area contributed by atoms with E-state index in [0.29, 0.717) is 0 Å². The molecule has 16 rings (SSSR count). The molecule has 1 aromatic heterocycles. The highest BCUT2D eigenvalue weighted by molar-refractivity contribution is 8.33. The summed E-state index contributed by atoms with van der Waals surface area (Å²) in [6.07, 6.45) is 24.9. The van der Waals surface area contributed by atoms with Crippen molar-refractivity contribution in [1.82, 2.24) is 4.57 Å². The molecule has 0 saturated carbocycles. The molecule has 0 spiro atoms. The van der Waals surface area contributed by atoms with Gasteiger partial charge in [-0.25, -0.2) is 0 Å². The van der Waals surface area contributed by atoms with Crippen molar-refractivity contribution in [3.05, 3.63) is 314 Å². The van der Waals surface area contributed by atoms with Crippen LogP contribution in [0.15, 0.2) is 301 Å². The van der Waals surface area contributed by atoms with Gasteiger partial charge in [0.15, 0.2) is 0 Å². The number of hydrogen-bond acceptors (Lipinski definition) is 0. The topological polar surface area (TPSA) is 4.93 Å². The van der Waals surface area contributed by atoms with Crippen LogP contribution in [0, 0.1) is 0 Å². The van der Waals surface area contributed by atoms with Crippen molar-refractivity contribution in [1.29, 1.82) is 0 Å². The third-order valence-corrected chi connectivity index (χ3v) is 20.9. The molecule has 12 aromatic carbocycles. The number of rotatable bonds is 8. The van der Waals surface area contributed by atoms with Crippen LogP contribution in [-0.4, -0.2) is 17.1 Å². The summed E-state index contributed by atoms with van der Waals surface area (Å²) < 4.78 is 2.51. The van der Waals surface area contributed by atoms with Gasteiger partial charge in [0.25, 0.3) is 0 Å². The lowest BCUT2D eigenvalue weighted by Gasteiger charge is -2.29. The lowest BCUT2D eigenvalue weighted by Crippen LogP contribution is -1.97. The van der Waals surface area contributed by atoms with Crippen molar-refractivity contribution in [3.8, 4) is 72.4 Å². The Morgan fingerprint density at radius 2 is 0.837 bits per heavy atom. The molecule has 2 heterocycles. The monoisotopic (exact) mass is 1120 g/mol. The van der Waals surface area contributed by atoms with Gasteiger partial charge in [0.2, 0.25) is 0 Å². The maximum atomic E-state index is 2.51. The van der Waals surface area contributed by atoms with E-state index in [0.717, 1.165) is 12.8 Å². The second-order valence-corrected chi connectivity index (χ2v) is 26.6. The highest BCUT2D eigenvalue weighted by atomic mass is 32.3. The Morgan fingerprint density at radius 1 is 0.337 bits per heavy atom. The number of fused-ring (bicyclic) bond motifs is 9. The van der Waals surface area contributed by atoms with Crippen LogP contribution in [-0.2, 0) is 6.42 Å². The van der Waals surface area contributed by atoms with Crippen LogP contribution in [0.1, 0.15) is 42.5 Å². The smallest absolute Gasteiger partial charge is 0.0541 e. The zero-order valence-electron chi connectivity index (χ0n) is 49.1. The summed E-state index contributed by atoms with van der Waals surface area (Å²) in [4.78, 5) is 2.89. The average Bonchev–Trinajstić information content (AvgIpc) is 2.32. The van der Waals surface area contributed by atoms with Crippen LogP contribution < -0.4 is 0 Å². The van der Waals surface area contributed by atoms with Gasteiger partial charge in [0.1, 0.15) is 0 Å². The van der Waals surface area contributed by atoms with Crippen LogP contribution >= 0.6 is 10.0 Å². The zero-order chi connectivity index (χ0) is 57.9. The van der Waals surface area contributed by atoms with E-state index in [1.54, 1.807) is 0 Å². The van der Waals surface area contributed by atoms with Gasteiger partial charge in [-0.1, -0.05) is 269 Å². The molecule has 0 radical (unpaired) electrons. The third kappa shape index (κ3) is 9.21. The van der Waals surface area contributed by atoms with Gasteiger partial charge in [0.05, 0.1) is 11.0 Å². The average molecular weight is 1120 g/mol. The summed E-state index contributed by atoms with van der Waals surface area (Å²) in [7, 11) is -1.36. The maximum absolute atomic E-state index is 2.51. The fourth-order valence-electron chi connectivity index (χ4n) is 13.6. The van der Waals surface area contributed by atoms with E-state index < -0.39 is 10.0 Å². The highest BCUT2D eigenvalue weighted by Crippen LogP contribution is 2.68. The number of nitrogens with zero attached hydrogens (tertiary/aromatic N) is 1. The quantitative estimate of drug-likeness (QED) is 0.143.